The van der Waals surface area contributed by atoms with E-state index in [9.17, 15) is 14.4 Å². The van der Waals surface area contributed by atoms with Gasteiger partial charge in [0.15, 0.2) is 0 Å². The Hall–Kier alpha value is -4.53. The Kier molecular flexibility index (Phi) is 11.7. The van der Waals surface area contributed by atoms with E-state index in [-0.39, 0.29) is 39.6 Å². The molecular formula is C30H32O9. The number of benzene rings is 3. The van der Waals surface area contributed by atoms with Crippen LogP contribution in [-0.4, -0.2) is 38.3 Å². The summed E-state index contributed by atoms with van der Waals surface area (Å²) in [5.41, 5.74) is 1.32. The Morgan fingerprint density at radius 1 is 0.487 bits per heavy atom. The van der Waals surface area contributed by atoms with Gasteiger partial charge in [0.05, 0.1) is 5.41 Å². The first kappa shape index (κ1) is 29.0. The summed E-state index contributed by atoms with van der Waals surface area (Å²) in [6.07, 6.45) is -2.39. The maximum absolute atomic E-state index is 12.3. The maximum Gasteiger partial charge on any atom is 0.508 e. The van der Waals surface area contributed by atoms with Crippen LogP contribution < -0.4 is 0 Å². The van der Waals surface area contributed by atoms with Crippen molar-refractivity contribution in [3.8, 4) is 0 Å². The summed E-state index contributed by atoms with van der Waals surface area (Å²) in [4.78, 5) is 36.8. The van der Waals surface area contributed by atoms with Gasteiger partial charge in [-0.2, -0.15) is 0 Å². The van der Waals surface area contributed by atoms with Crippen molar-refractivity contribution in [3.63, 3.8) is 0 Å². The van der Waals surface area contributed by atoms with Gasteiger partial charge in [-0.25, -0.2) is 14.4 Å². The van der Waals surface area contributed by atoms with Gasteiger partial charge in [-0.15, -0.1) is 0 Å². The van der Waals surface area contributed by atoms with Crippen LogP contribution in [0.2, 0.25) is 0 Å². The van der Waals surface area contributed by atoms with Crippen molar-refractivity contribution >= 4 is 18.5 Å². The average molecular weight is 537 g/mol. The number of rotatable bonds is 13. The first-order chi connectivity index (χ1) is 19.0. The summed E-state index contributed by atoms with van der Waals surface area (Å²) >= 11 is 0. The number of hydrogen-bond acceptors (Lipinski definition) is 9. The highest BCUT2D eigenvalue weighted by Gasteiger charge is 2.35. The van der Waals surface area contributed by atoms with Crippen LogP contribution in [0.4, 0.5) is 14.4 Å². The number of hydrogen-bond donors (Lipinski definition) is 0. The zero-order valence-electron chi connectivity index (χ0n) is 21.8. The number of carbonyl (C=O) groups is 3. The van der Waals surface area contributed by atoms with E-state index in [0.29, 0.717) is 6.42 Å². The predicted molar refractivity (Wildman–Crippen MR) is 140 cm³/mol. The molecule has 3 aromatic rings. The molecule has 0 saturated heterocycles. The van der Waals surface area contributed by atoms with Crippen molar-refractivity contribution in [2.45, 2.75) is 33.2 Å². The van der Waals surface area contributed by atoms with Crippen LogP contribution in [0, 0.1) is 5.41 Å². The summed E-state index contributed by atoms with van der Waals surface area (Å²) in [5.74, 6) is 0. The lowest BCUT2D eigenvalue weighted by atomic mass is 9.88. The molecule has 9 heteroatoms. The average Bonchev–Trinajstić information content (AvgIpc) is 2.99. The molecule has 9 nitrogen and oxygen atoms in total. The van der Waals surface area contributed by atoms with Gasteiger partial charge in [0, 0.05) is 0 Å². The Bertz CT molecular complexity index is 1010. The Balaban J connectivity index is 1.55. The molecule has 0 heterocycles. The quantitative estimate of drug-likeness (QED) is 0.180. The molecule has 0 aliphatic heterocycles. The van der Waals surface area contributed by atoms with E-state index >= 15 is 0 Å². The molecule has 3 aromatic carbocycles. The van der Waals surface area contributed by atoms with Crippen LogP contribution in [0.3, 0.4) is 0 Å². The van der Waals surface area contributed by atoms with Gasteiger partial charge in [0.2, 0.25) is 0 Å². The lowest BCUT2D eigenvalue weighted by Gasteiger charge is -2.30. The molecular weight excluding hydrogens is 504 g/mol. The van der Waals surface area contributed by atoms with Crippen LogP contribution in [0.15, 0.2) is 91.0 Å². The maximum atomic E-state index is 12.3. The van der Waals surface area contributed by atoms with Crippen LogP contribution >= 0.6 is 0 Å². The van der Waals surface area contributed by atoms with Gasteiger partial charge >= 0.3 is 18.5 Å². The highest BCUT2D eigenvalue weighted by atomic mass is 16.7. The number of ether oxygens (including phenoxy) is 6. The molecule has 0 amide bonds. The van der Waals surface area contributed by atoms with E-state index in [1.54, 1.807) is 6.92 Å². The highest BCUT2D eigenvalue weighted by molar-refractivity contribution is 5.61. The monoisotopic (exact) mass is 536 g/mol. The summed E-state index contributed by atoms with van der Waals surface area (Å²) in [5, 5.41) is 0. The third kappa shape index (κ3) is 10.8. The first-order valence-corrected chi connectivity index (χ1v) is 12.5. The largest absolute Gasteiger partial charge is 0.508 e. The SMILES string of the molecule is CCC(COC(=O)OCc1ccccc1)(COC(=O)OCc1ccccc1)COC(=O)OCc1ccccc1. The van der Waals surface area contributed by atoms with Crippen molar-refractivity contribution in [1.82, 2.24) is 0 Å². The summed E-state index contributed by atoms with van der Waals surface area (Å²) in [6, 6.07) is 27.4. The molecule has 0 unspecified atom stereocenters. The minimum absolute atomic E-state index is 0.0312. The van der Waals surface area contributed by atoms with Crippen molar-refractivity contribution in [3.05, 3.63) is 108 Å². The molecule has 0 atom stereocenters. The van der Waals surface area contributed by atoms with Crippen molar-refractivity contribution in [2.75, 3.05) is 19.8 Å². The Labute approximate surface area is 227 Å². The standard InChI is InChI=1S/C30H32O9/c1-2-30(21-37-27(31)34-18-24-12-6-3-7-13-24,22-38-28(32)35-19-25-14-8-4-9-15-25)23-39-29(33)36-20-26-16-10-5-11-17-26/h3-17H,2,18-23H2,1H3. The van der Waals surface area contributed by atoms with E-state index in [4.69, 9.17) is 28.4 Å². The summed E-state index contributed by atoms with van der Waals surface area (Å²) in [6.45, 7) is 1.16. The van der Waals surface area contributed by atoms with E-state index in [1.165, 1.54) is 0 Å². The van der Waals surface area contributed by atoms with Crippen LogP contribution in [0.5, 0.6) is 0 Å². The number of carbonyl (C=O) groups excluding carboxylic acids is 3. The normalized spacial score (nSPS) is 10.7. The zero-order valence-corrected chi connectivity index (χ0v) is 21.8. The lowest BCUT2D eigenvalue weighted by molar-refractivity contribution is -0.0579. The van der Waals surface area contributed by atoms with Gasteiger partial charge in [-0.05, 0) is 23.1 Å². The molecule has 0 N–H and O–H groups in total. The molecule has 0 aromatic heterocycles. The zero-order chi connectivity index (χ0) is 27.8. The molecule has 0 aliphatic carbocycles. The van der Waals surface area contributed by atoms with Gasteiger partial charge in [-0.3, -0.25) is 0 Å². The van der Waals surface area contributed by atoms with Crippen LogP contribution in [-0.2, 0) is 48.2 Å². The van der Waals surface area contributed by atoms with E-state index < -0.39 is 23.9 Å². The Morgan fingerprint density at radius 2 is 0.769 bits per heavy atom. The molecule has 0 bridgehead atoms. The van der Waals surface area contributed by atoms with Gasteiger partial charge in [0.25, 0.3) is 0 Å². The van der Waals surface area contributed by atoms with Crippen molar-refractivity contribution in [2.24, 2.45) is 5.41 Å². The van der Waals surface area contributed by atoms with E-state index in [2.05, 4.69) is 0 Å². The van der Waals surface area contributed by atoms with Crippen LogP contribution in [0.1, 0.15) is 30.0 Å². The lowest BCUT2D eigenvalue weighted by Crippen LogP contribution is -2.39. The third-order valence-electron chi connectivity index (χ3n) is 5.84. The van der Waals surface area contributed by atoms with Crippen molar-refractivity contribution < 1.29 is 42.8 Å². The van der Waals surface area contributed by atoms with E-state index in [1.807, 2.05) is 91.0 Å². The fraction of sp³-hybridized carbons (Fsp3) is 0.300. The molecule has 39 heavy (non-hydrogen) atoms. The second-order valence-electron chi connectivity index (χ2n) is 8.79. The minimum atomic E-state index is -1.07. The molecule has 206 valence electrons. The fourth-order valence-corrected chi connectivity index (χ4v) is 3.34. The van der Waals surface area contributed by atoms with Gasteiger partial charge in [0.1, 0.15) is 39.6 Å². The van der Waals surface area contributed by atoms with Gasteiger partial charge in [-0.1, -0.05) is 97.9 Å². The minimum Gasteiger partial charge on any atom is -0.433 e. The topological polar surface area (TPSA) is 107 Å². The highest BCUT2D eigenvalue weighted by Crippen LogP contribution is 2.25. The predicted octanol–water partition coefficient (Wildman–Crippen LogP) is 6.44. The second-order valence-corrected chi connectivity index (χ2v) is 8.79. The summed E-state index contributed by atoms with van der Waals surface area (Å²) < 4.78 is 31.5. The molecule has 0 spiro atoms. The third-order valence-corrected chi connectivity index (χ3v) is 5.84. The Morgan fingerprint density at radius 3 is 1.03 bits per heavy atom. The second kappa shape index (κ2) is 15.7. The van der Waals surface area contributed by atoms with E-state index in [0.717, 1.165) is 16.7 Å². The van der Waals surface area contributed by atoms with Gasteiger partial charge < -0.3 is 28.4 Å². The molecule has 0 aliphatic rings. The molecule has 0 saturated carbocycles. The molecule has 0 fully saturated rings. The fourth-order valence-electron chi connectivity index (χ4n) is 3.34. The first-order valence-electron chi connectivity index (χ1n) is 12.5. The summed E-state index contributed by atoms with van der Waals surface area (Å²) in [7, 11) is 0. The smallest absolute Gasteiger partial charge is 0.433 e. The molecule has 3 rings (SSSR count). The molecule has 0 radical (unpaired) electrons. The van der Waals surface area contributed by atoms with Crippen molar-refractivity contribution in [1.29, 1.82) is 0 Å². The van der Waals surface area contributed by atoms with Crippen LogP contribution in [0.25, 0.3) is 0 Å².